The molecule has 27 heavy (non-hydrogen) atoms. The molecule has 1 aliphatic rings. The van der Waals surface area contributed by atoms with Crippen molar-refractivity contribution in [2.24, 2.45) is 0 Å². The number of nitrogens with one attached hydrogen (secondary N) is 1. The molecule has 1 heterocycles. The fourth-order valence-corrected chi connectivity index (χ4v) is 2.93. The molecule has 0 aliphatic carbocycles. The van der Waals surface area contributed by atoms with E-state index in [2.05, 4.69) is 5.32 Å². The number of hydrogen-bond donors (Lipinski definition) is 1. The van der Waals surface area contributed by atoms with E-state index >= 15 is 0 Å². The summed E-state index contributed by atoms with van der Waals surface area (Å²) in [6, 6.07) is 7.06. The summed E-state index contributed by atoms with van der Waals surface area (Å²) >= 11 is 0. The van der Waals surface area contributed by atoms with Gasteiger partial charge in [-0.2, -0.15) is 0 Å². The minimum absolute atomic E-state index is 0.0267. The number of hydrogen-bond acceptors (Lipinski definition) is 4. The number of carbonyl (C=O) groups excluding carboxylic acids is 2. The Hall–Kier alpha value is -2.08. The van der Waals surface area contributed by atoms with E-state index in [9.17, 15) is 9.59 Å². The SMILES string of the molecule is CCCOC(C)(CC)C(=O)Nc1ccc(OCC(=O)N2CCCCC2)cc1. The third-order valence-corrected chi connectivity index (χ3v) is 4.96. The lowest BCUT2D eigenvalue weighted by molar-refractivity contribution is -0.139. The highest BCUT2D eigenvalue weighted by Gasteiger charge is 2.32. The van der Waals surface area contributed by atoms with Crippen LogP contribution in [0, 0.1) is 0 Å². The summed E-state index contributed by atoms with van der Waals surface area (Å²) in [7, 11) is 0. The lowest BCUT2D eigenvalue weighted by atomic mass is 10.0. The largest absolute Gasteiger partial charge is 0.484 e. The standard InChI is InChI=1S/C21H32N2O4/c1-4-15-27-21(3,5-2)20(25)22-17-9-11-18(12-10-17)26-16-19(24)23-13-7-6-8-14-23/h9-12H,4-8,13-16H2,1-3H3,(H,22,25). The van der Waals surface area contributed by atoms with Crippen molar-refractivity contribution in [1.82, 2.24) is 4.90 Å². The van der Waals surface area contributed by atoms with Crippen LogP contribution in [0.25, 0.3) is 0 Å². The summed E-state index contributed by atoms with van der Waals surface area (Å²) in [5.74, 6) is 0.477. The third kappa shape index (κ3) is 6.24. The van der Waals surface area contributed by atoms with Crippen LogP contribution in [0.5, 0.6) is 5.75 Å². The molecule has 1 saturated heterocycles. The van der Waals surface area contributed by atoms with Crippen LogP contribution in [-0.2, 0) is 14.3 Å². The number of likely N-dealkylation sites (tertiary alicyclic amines) is 1. The van der Waals surface area contributed by atoms with Crippen LogP contribution >= 0.6 is 0 Å². The van der Waals surface area contributed by atoms with E-state index in [1.807, 2.05) is 25.7 Å². The van der Waals surface area contributed by atoms with Gasteiger partial charge in [-0.25, -0.2) is 0 Å². The topological polar surface area (TPSA) is 67.9 Å². The van der Waals surface area contributed by atoms with Crippen molar-refractivity contribution in [1.29, 1.82) is 0 Å². The van der Waals surface area contributed by atoms with Crippen LogP contribution in [-0.4, -0.2) is 48.6 Å². The average molecular weight is 376 g/mol. The molecule has 0 spiro atoms. The number of ether oxygens (including phenoxy) is 2. The molecular formula is C21H32N2O4. The zero-order chi connectivity index (χ0) is 19.7. The fourth-order valence-electron chi connectivity index (χ4n) is 2.93. The number of rotatable bonds is 9. The van der Waals surface area contributed by atoms with Crippen molar-refractivity contribution in [3.8, 4) is 5.75 Å². The van der Waals surface area contributed by atoms with Crippen LogP contribution in [0.3, 0.4) is 0 Å². The molecule has 1 N–H and O–H groups in total. The Kier molecular flexibility index (Phi) is 8.10. The van der Waals surface area contributed by atoms with Gasteiger partial charge in [-0.15, -0.1) is 0 Å². The molecule has 1 atom stereocenters. The smallest absolute Gasteiger partial charge is 0.260 e. The van der Waals surface area contributed by atoms with Gasteiger partial charge in [0.05, 0.1) is 0 Å². The quantitative estimate of drug-likeness (QED) is 0.715. The molecule has 0 bridgehead atoms. The van der Waals surface area contributed by atoms with Crippen molar-refractivity contribution in [3.63, 3.8) is 0 Å². The molecule has 0 radical (unpaired) electrons. The molecular weight excluding hydrogens is 344 g/mol. The van der Waals surface area contributed by atoms with E-state index in [4.69, 9.17) is 9.47 Å². The molecule has 150 valence electrons. The summed E-state index contributed by atoms with van der Waals surface area (Å²) in [6.07, 6.45) is 4.79. The number of amides is 2. The molecule has 0 aromatic heterocycles. The Morgan fingerprint density at radius 2 is 1.78 bits per heavy atom. The minimum atomic E-state index is -0.841. The van der Waals surface area contributed by atoms with E-state index in [1.165, 1.54) is 6.42 Å². The Balaban J connectivity index is 1.85. The van der Waals surface area contributed by atoms with E-state index in [0.717, 1.165) is 32.4 Å². The van der Waals surface area contributed by atoms with Crippen LogP contribution in [0.4, 0.5) is 5.69 Å². The van der Waals surface area contributed by atoms with Crippen molar-refractivity contribution in [3.05, 3.63) is 24.3 Å². The Morgan fingerprint density at radius 1 is 1.11 bits per heavy atom. The predicted molar refractivity (Wildman–Crippen MR) is 106 cm³/mol. The number of anilines is 1. The van der Waals surface area contributed by atoms with Crippen LogP contribution in [0.1, 0.15) is 52.9 Å². The maximum absolute atomic E-state index is 12.5. The fraction of sp³-hybridized carbons (Fsp3) is 0.619. The highest BCUT2D eigenvalue weighted by atomic mass is 16.5. The first-order valence-corrected chi connectivity index (χ1v) is 9.94. The van der Waals surface area contributed by atoms with Crippen molar-refractivity contribution >= 4 is 17.5 Å². The van der Waals surface area contributed by atoms with Gasteiger partial charge in [0.15, 0.2) is 6.61 Å². The van der Waals surface area contributed by atoms with Crippen LogP contribution in [0.2, 0.25) is 0 Å². The third-order valence-electron chi connectivity index (χ3n) is 4.96. The Labute approximate surface area is 162 Å². The second kappa shape index (κ2) is 10.3. The summed E-state index contributed by atoms with van der Waals surface area (Å²) in [6.45, 7) is 8.00. The number of nitrogens with zero attached hydrogens (tertiary/aromatic N) is 1. The van der Waals surface area contributed by atoms with Gasteiger partial charge in [0.2, 0.25) is 0 Å². The maximum atomic E-state index is 12.5. The average Bonchev–Trinajstić information content (AvgIpc) is 2.71. The van der Waals surface area contributed by atoms with Gasteiger partial charge in [0, 0.05) is 25.4 Å². The van der Waals surface area contributed by atoms with Crippen molar-refractivity contribution in [2.75, 3.05) is 31.6 Å². The maximum Gasteiger partial charge on any atom is 0.260 e. The molecule has 1 fully saturated rings. The van der Waals surface area contributed by atoms with Gasteiger partial charge in [0.25, 0.3) is 11.8 Å². The molecule has 6 heteroatoms. The Bertz CT molecular complexity index is 611. The summed E-state index contributed by atoms with van der Waals surface area (Å²) in [4.78, 5) is 26.5. The van der Waals surface area contributed by atoms with Gasteiger partial charge in [-0.1, -0.05) is 13.8 Å². The lowest BCUT2D eigenvalue weighted by Crippen LogP contribution is -2.42. The van der Waals surface area contributed by atoms with E-state index in [0.29, 0.717) is 24.5 Å². The summed E-state index contributed by atoms with van der Waals surface area (Å²) in [5, 5.41) is 2.89. The van der Waals surface area contributed by atoms with Crippen LogP contribution < -0.4 is 10.1 Å². The normalized spacial score (nSPS) is 16.5. The first-order valence-electron chi connectivity index (χ1n) is 9.94. The van der Waals surface area contributed by atoms with Gasteiger partial charge in [0.1, 0.15) is 11.4 Å². The number of benzene rings is 1. The molecule has 2 amide bonds. The molecule has 0 saturated carbocycles. The van der Waals surface area contributed by atoms with Crippen LogP contribution in [0.15, 0.2) is 24.3 Å². The summed E-state index contributed by atoms with van der Waals surface area (Å²) < 4.78 is 11.3. The number of piperidine rings is 1. The Morgan fingerprint density at radius 3 is 2.37 bits per heavy atom. The molecule has 6 nitrogen and oxygen atoms in total. The molecule has 1 aliphatic heterocycles. The first-order chi connectivity index (χ1) is 13.0. The van der Waals surface area contributed by atoms with E-state index < -0.39 is 5.60 Å². The minimum Gasteiger partial charge on any atom is -0.484 e. The summed E-state index contributed by atoms with van der Waals surface area (Å²) in [5.41, 5.74) is -0.166. The van der Waals surface area contributed by atoms with Crippen molar-refractivity contribution in [2.45, 2.75) is 58.5 Å². The van der Waals surface area contributed by atoms with E-state index in [1.54, 1.807) is 24.3 Å². The highest BCUT2D eigenvalue weighted by molar-refractivity contribution is 5.97. The van der Waals surface area contributed by atoms with Gasteiger partial charge in [-0.05, 0) is 63.3 Å². The zero-order valence-electron chi connectivity index (χ0n) is 16.8. The highest BCUT2D eigenvalue weighted by Crippen LogP contribution is 2.21. The van der Waals surface area contributed by atoms with Crippen molar-refractivity contribution < 1.29 is 19.1 Å². The molecule has 1 aromatic carbocycles. The monoisotopic (exact) mass is 376 g/mol. The first kappa shape index (κ1) is 21.2. The predicted octanol–water partition coefficient (Wildman–Crippen LogP) is 3.61. The molecule has 2 rings (SSSR count). The zero-order valence-corrected chi connectivity index (χ0v) is 16.8. The van der Waals surface area contributed by atoms with Gasteiger partial charge in [-0.3, -0.25) is 9.59 Å². The second-order valence-electron chi connectivity index (χ2n) is 7.14. The van der Waals surface area contributed by atoms with E-state index in [-0.39, 0.29) is 18.4 Å². The van der Waals surface area contributed by atoms with Gasteiger partial charge >= 0.3 is 0 Å². The lowest BCUT2D eigenvalue weighted by Gasteiger charge is -2.27. The molecule has 1 unspecified atom stereocenters. The molecule has 1 aromatic rings. The van der Waals surface area contributed by atoms with Gasteiger partial charge < -0.3 is 19.7 Å². The number of carbonyl (C=O) groups is 2. The second-order valence-corrected chi connectivity index (χ2v) is 7.14.